The molecule has 3 N–H and O–H groups in total. The Morgan fingerprint density at radius 3 is 2.70 bits per heavy atom. The zero-order chi connectivity index (χ0) is 30.7. The van der Waals surface area contributed by atoms with Crippen molar-refractivity contribution in [1.82, 2.24) is 9.80 Å². The molecule has 2 saturated heterocycles. The second-order valence-electron chi connectivity index (χ2n) is 12.9. The maximum Gasteiger partial charge on any atom is 0.308 e. The fourth-order valence-corrected chi connectivity index (χ4v) is 7.00. The molecule has 2 amide bonds. The number of aliphatic carboxylic acids is 1. The molecule has 9 heteroatoms. The first-order valence-corrected chi connectivity index (χ1v) is 15.7. The molecule has 0 saturated carbocycles. The Morgan fingerprint density at radius 1 is 1.19 bits per heavy atom. The Morgan fingerprint density at radius 2 is 2.00 bits per heavy atom. The van der Waals surface area contributed by atoms with Crippen LogP contribution in [-0.4, -0.2) is 78.1 Å². The second kappa shape index (κ2) is 13.1. The van der Waals surface area contributed by atoms with Crippen LogP contribution in [0.15, 0.2) is 42.5 Å². The van der Waals surface area contributed by atoms with Crippen molar-refractivity contribution >= 4 is 23.5 Å². The van der Waals surface area contributed by atoms with Crippen LogP contribution >= 0.6 is 0 Å². The maximum absolute atomic E-state index is 14.0. The zero-order valence-electron chi connectivity index (χ0n) is 25.8. The van der Waals surface area contributed by atoms with E-state index in [1.54, 1.807) is 0 Å². The van der Waals surface area contributed by atoms with Crippen LogP contribution < -0.4 is 15.4 Å². The molecule has 2 fully saturated rings. The summed E-state index contributed by atoms with van der Waals surface area (Å²) >= 11 is 0. The zero-order valence-corrected chi connectivity index (χ0v) is 25.8. The molecule has 0 aromatic heterocycles. The van der Waals surface area contributed by atoms with E-state index in [-0.39, 0.29) is 24.3 Å². The number of unbranched alkanes of at least 4 members (excludes halogenated alkanes) is 1. The van der Waals surface area contributed by atoms with E-state index in [0.717, 1.165) is 53.8 Å². The smallest absolute Gasteiger partial charge is 0.308 e. The number of fused-ring (bicyclic) bond motifs is 1. The van der Waals surface area contributed by atoms with Crippen molar-refractivity contribution in [2.45, 2.75) is 71.4 Å². The summed E-state index contributed by atoms with van der Waals surface area (Å²) in [5, 5.41) is 10.6. The van der Waals surface area contributed by atoms with E-state index in [1.165, 1.54) is 0 Å². The first-order chi connectivity index (χ1) is 20.6. The lowest BCUT2D eigenvalue weighted by molar-refractivity contribution is -0.143. The summed E-state index contributed by atoms with van der Waals surface area (Å²) in [6.45, 7) is 9.34. The van der Waals surface area contributed by atoms with Gasteiger partial charge in [0.25, 0.3) is 0 Å². The quantitative estimate of drug-likeness (QED) is 0.383. The number of carbonyl (C=O) groups is 3. The molecule has 2 aromatic rings. The van der Waals surface area contributed by atoms with Gasteiger partial charge in [-0.15, -0.1) is 0 Å². The number of amides is 2. The Bertz CT molecular complexity index is 1340. The third-order valence-corrected chi connectivity index (χ3v) is 9.58. The van der Waals surface area contributed by atoms with E-state index in [0.29, 0.717) is 45.8 Å². The number of nitrogens with zero attached hydrogens (tertiary/aromatic N) is 3. The van der Waals surface area contributed by atoms with Crippen molar-refractivity contribution < 1.29 is 24.2 Å². The first kappa shape index (κ1) is 31.0. The van der Waals surface area contributed by atoms with Gasteiger partial charge in [0.15, 0.2) is 0 Å². The molecule has 0 radical (unpaired) electrons. The van der Waals surface area contributed by atoms with Crippen LogP contribution in [0.1, 0.15) is 69.1 Å². The summed E-state index contributed by atoms with van der Waals surface area (Å²) in [7, 11) is 0. The number of hydrogen-bond acceptors (Lipinski definition) is 6. The summed E-state index contributed by atoms with van der Waals surface area (Å²) in [5.41, 5.74) is 9.34. The van der Waals surface area contributed by atoms with Crippen LogP contribution in [0, 0.1) is 11.3 Å². The lowest BCUT2D eigenvalue weighted by Gasteiger charge is -2.31. The number of carbonyl (C=O) groups excluding carboxylic acids is 2. The number of benzene rings is 2. The van der Waals surface area contributed by atoms with Crippen LogP contribution in [0.5, 0.6) is 5.75 Å². The molecule has 3 heterocycles. The molecule has 3 aliphatic rings. The minimum absolute atomic E-state index is 0.0573. The molecular formula is C34H46N4O5. The molecule has 2 aromatic carbocycles. The Balaban J connectivity index is 1.43. The van der Waals surface area contributed by atoms with Gasteiger partial charge in [-0.3, -0.25) is 19.3 Å². The summed E-state index contributed by atoms with van der Waals surface area (Å²) < 4.78 is 5.70. The number of ether oxygens (including phenoxy) is 1. The van der Waals surface area contributed by atoms with Gasteiger partial charge in [0.1, 0.15) is 5.75 Å². The van der Waals surface area contributed by atoms with Crippen molar-refractivity contribution in [2.75, 3.05) is 44.2 Å². The van der Waals surface area contributed by atoms with Gasteiger partial charge in [0.05, 0.1) is 19.1 Å². The number of anilines is 1. The standard InChI is InChI=1S/C34H46N4O5/c1-4-5-14-38(26-8-6-7-23(18-26)20-35)30(39)22-37-21-27(24-9-10-29-25(19-24)12-17-43-29)31(32(40)41)28(37)11-15-36-16-13-34(2,3)33(36)42/h6-10,18-19,27-28,31H,4-5,11-17,20-22,35H2,1-3H3,(H,40,41). The van der Waals surface area contributed by atoms with Gasteiger partial charge in [0.2, 0.25) is 11.8 Å². The van der Waals surface area contributed by atoms with Crippen LogP contribution in [0.25, 0.3) is 0 Å². The molecule has 3 unspecified atom stereocenters. The summed E-state index contributed by atoms with van der Waals surface area (Å²) in [6, 6.07) is 13.4. The average Bonchev–Trinajstić information content (AvgIpc) is 3.67. The molecule has 43 heavy (non-hydrogen) atoms. The lowest BCUT2D eigenvalue weighted by atomic mass is 9.83. The monoisotopic (exact) mass is 590 g/mol. The number of carboxylic acid groups (broad SMARTS) is 1. The van der Waals surface area contributed by atoms with Gasteiger partial charge in [-0.1, -0.05) is 51.5 Å². The van der Waals surface area contributed by atoms with E-state index in [9.17, 15) is 19.5 Å². The molecule has 232 valence electrons. The van der Waals surface area contributed by atoms with Crippen molar-refractivity contribution in [1.29, 1.82) is 0 Å². The molecule has 3 atom stereocenters. The highest BCUT2D eigenvalue weighted by Crippen LogP contribution is 2.41. The second-order valence-corrected chi connectivity index (χ2v) is 12.9. The predicted molar refractivity (Wildman–Crippen MR) is 166 cm³/mol. The Labute approximate surface area is 255 Å². The lowest BCUT2D eigenvalue weighted by Crippen LogP contribution is -2.46. The van der Waals surface area contributed by atoms with Gasteiger partial charge in [-0.05, 0) is 54.2 Å². The van der Waals surface area contributed by atoms with E-state index >= 15 is 0 Å². The molecular weight excluding hydrogens is 544 g/mol. The van der Waals surface area contributed by atoms with Gasteiger partial charge in [-0.2, -0.15) is 0 Å². The Kier molecular flexibility index (Phi) is 9.42. The number of rotatable bonds is 12. The highest BCUT2D eigenvalue weighted by Gasteiger charge is 2.48. The predicted octanol–water partition coefficient (Wildman–Crippen LogP) is 4.03. The first-order valence-electron chi connectivity index (χ1n) is 15.7. The van der Waals surface area contributed by atoms with Gasteiger partial charge in [0, 0.05) is 62.2 Å². The number of nitrogens with two attached hydrogens (primary N) is 1. The number of carboxylic acids is 1. The normalized spacial score (nSPS) is 22.9. The van der Waals surface area contributed by atoms with E-state index in [2.05, 4.69) is 17.9 Å². The minimum Gasteiger partial charge on any atom is -0.493 e. The highest BCUT2D eigenvalue weighted by molar-refractivity contribution is 5.95. The van der Waals surface area contributed by atoms with Crippen LogP contribution in [0.4, 0.5) is 5.69 Å². The van der Waals surface area contributed by atoms with E-state index in [1.807, 2.05) is 60.0 Å². The fraction of sp³-hybridized carbons (Fsp3) is 0.559. The van der Waals surface area contributed by atoms with Crippen molar-refractivity contribution in [3.05, 3.63) is 59.2 Å². The molecule has 9 nitrogen and oxygen atoms in total. The van der Waals surface area contributed by atoms with Gasteiger partial charge < -0.3 is 25.4 Å². The highest BCUT2D eigenvalue weighted by atomic mass is 16.5. The fourth-order valence-electron chi connectivity index (χ4n) is 7.00. The number of hydrogen-bond donors (Lipinski definition) is 2. The molecule has 3 aliphatic heterocycles. The number of likely N-dealkylation sites (tertiary alicyclic amines) is 2. The summed E-state index contributed by atoms with van der Waals surface area (Å²) in [4.78, 5) is 45.8. The molecule has 0 aliphatic carbocycles. The van der Waals surface area contributed by atoms with Crippen LogP contribution in [-0.2, 0) is 27.3 Å². The van der Waals surface area contributed by atoms with E-state index < -0.39 is 23.3 Å². The maximum atomic E-state index is 14.0. The van der Waals surface area contributed by atoms with Crippen molar-refractivity contribution in [3.63, 3.8) is 0 Å². The average molecular weight is 591 g/mol. The topological polar surface area (TPSA) is 116 Å². The van der Waals surface area contributed by atoms with Gasteiger partial charge >= 0.3 is 5.97 Å². The largest absolute Gasteiger partial charge is 0.493 e. The SMILES string of the molecule is CCCCN(C(=O)CN1CC(c2ccc3c(c2)CCO3)C(C(=O)O)C1CCN1CCC(C)(C)C1=O)c1cccc(CN)c1. The molecule has 0 spiro atoms. The molecule has 5 rings (SSSR count). The van der Waals surface area contributed by atoms with Crippen LogP contribution in [0.2, 0.25) is 0 Å². The third kappa shape index (κ3) is 6.58. The van der Waals surface area contributed by atoms with Crippen LogP contribution in [0.3, 0.4) is 0 Å². The summed E-state index contributed by atoms with van der Waals surface area (Å²) in [5.74, 6) is -0.939. The van der Waals surface area contributed by atoms with Crippen molar-refractivity contribution in [3.8, 4) is 5.75 Å². The third-order valence-electron chi connectivity index (χ3n) is 9.58. The molecule has 0 bridgehead atoms. The minimum atomic E-state index is -0.867. The van der Waals surface area contributed by atoms with Gasteiger partial charge in [-0.25, -0.2) is 0 Å². The van der Waals surface area contributed by atoms with E-state index in [4.69, 9.17) is 10.5 Å². The van der Waals surface area contributed by atoms with Crippen molar-refractivity contribution in [2.24, 2.45) is 17.1 Å². The summed E-state index contributed by atoms with van der Waals surface area (Å²) in [6.07, 6.45) is 3.88. The Hall–Kier alpha value is -3.43.